The molecule has 0 aliphatic heterocycles. The highest BCUT2D eigenvalue weighted by atomic mass is 79.9. The fourth-order valence-corrected chi connectivity index (χ4v) is 3.34. The van der Waals surface area contributed by atoms with E-state index >= 15 is 0 Å². The third-order valence-electron chi connectivity index (χ3n) is 3.38. The van der Waals surface area contributed by atoms with Crippen molar-refractivity contribution in [1.29, 1.82) is 0 Å². The standard InChI is InChI=1S/C15H17N3S.BrH/c1-16-15-17-14(12-8-4-2-5-9-12)18(19-15)13-10-6-3-7-11-13;/h2-8,10,12-13H,9,11H2,1H3;1H. The van der Waals surface area contributed by atoms with Gasteiger partial charge < -0.3 is 0 Å². The fraction of sp³-hybridized carbons (Fsp3) is 0.333. The summed E-state index contributed by atoms with van der Waals surface area (Å²) in [5.41, 5.74) is 0. The van der Waals surface area contributed by atoms with Crippen molar-refractivity contribution in [3.63, 3.8) is 0 Å². The Labute approximate surface area is 133 Å². The number of hydrogen-bond acceptors (Lipinski definition) is 3. The van der Waals surface area contributed by atoms with Crippen molar-refractivity contribution in [3.8, 4) is 0 Å². The van der Waals surface area contributed by atoms with Crippen LogP contribution in [0.3, 0.4) is 0 Å². The first-order valence-electron chi connectivity index (χ1n) is 6.57. The van der Waals surface area contributed by atoms with Crippen LogP contribution in [0.1, 0.15) is 30.6 Å². The summed E-state index contributed by atoms with van der Waals surface area (Å²) in [5.74, 6) is 1.51. The van der Waals surface area contributed by atoms with Gasteiger partial charge >= 0.3 is 0 Å². The predicted molar refractivity (Wildman–Crippen MR) is 89.5 cm³/mol. The summed E-state index contributed by atoms with van der Waals surface area (Å²) < 4.78 is 2.32. The maximum Gasteiger partial charge on any atom is 0.222 e. The van der Waals surface area contributed by atoms with E-state index in [2.05, 4.69) is 57.6 Å². The van der Waals surface area contributed by atoms with Crippen LogP contribution in [0, 0.1) is 0 Å². The van der Waals surface area contributed by atoms with E-state index in [0.717, 1.165) is 23.5 Å². The SMILES string of the molecule is Br.CN=c1nc(C2C=CC=CC2)n(C2C=CC=CC2)s1. The van der Waals surface area contributed by atoms with E-state index in [9.17, 15) is 0 Å². The van der Waals surface area contributed by atoms with Crippen molar-refractivity contribution in [1.82, 2.24) is 8.94 Å². The molecule has 1 heterocycles. The number of nitrogens with zero attached hydrogens (tertiary/aromatic N) is 3. The van der Waals surface area contributed by atoms with Gasteiger partial charge in [0.25, 0.3) is 0 Å². The molecule has 0 saturated carbocycles. The molecule has 0 N–H and O–H groups in total. The first-order chi connectivity index (χ1) is 9.38. The second kappa shape index (κ2) is 6.99. The van der Waals surface area contributed by atoms with Crippen molar-refractivity contribution in [2.24, 2.45) is 4.99 Å². The van der Waals surface area contributed by atoms with Crippen molar-refractivity contribution in [3.05, 3.63) is 59.2 Å². The highest BCUT2D eigenvalue weighted by molar-refractivity contribution is 8.93. The lowest BCUT2D eigenvalue weighted by Crippen LogP contribution is -2.12. The molecule has 106 valence electrons. The van der Waals surface area contributed by atoms with E-state index in [1.165, 1.54) is 0 Å². The molecule has 1 aromatic rings. The van der Waals surface area contributed by atoms with Crippen LogP contribution in [0.4, 0.5) is 0 Å². The Morgan fingerprint density at radius 3 is 2.50 bits per heavy atom. The van der Waals surface area contributed by atoms with Crippen LogP contribution in [0.5, 0.6) is 0 Å². The highest BCUT2D eigenvalue weighted by Crippen LogP contribution is 2.28. The van der Waals surface area contributed by atoms with Crippen LogP contribution in [-0.2, 0) is 0 Å². The topological polar surface area (TPSA) is 30.2 Å². The molecule has 2 aliphatic rings. The molecule has 0 radical (unpaired) electrons. The van der Waals surface area contributed by atoms with E-state index in [1.807, 2.05) is 0 Å². The van der Waals surface area contributed by atoms with Gasteiger partial charge in [0.05, 0.1) is 6.04 Å². The molecule has 3 nitrogen and oxygen atoms in total. The molecule has 2 atom stereocenters. The molecule has 2 unspecified atom stereocenters. The molecular weight excluding hydrogens is 334 g/mol. The summed E-state index contributed by atoms with van der Waals surface area (Å²) in [5, 5.41) is 0. The normalized spacial score (nSPS) is 24.9. The average Bonchev–Trinajstić information content (AvgIpc) is 2.93. The van der Waals surface area contributed by atoms with Crippen molar-refractivity contribution in [2.45, 2.75) is 24.8 Å². The minimum Gasteiger partial charge on any atom is -0.274 e. The monoisotopic (exact) mass is 351 g/mol. The second-order valence-electron chi connectivity index (χ2n) is 4.66. The zero-order chi connectivity index (χ0) is 13.1. The minimum atomic E-state index is 0. The number of hydrogen-bond donors (Lipinski definition) is 0. The van der Waals surface area contributed by atoms with Gasteiger partial charge in [0.1, 0.15) is 5.82 Å². The molecule has 0 fully saturated rings. The first-order valence-corrected chi connectivity index (χ1v) is 7.35. The van der Waals surface area contributed by atoms with Gasteiger partial charge in [0, 0.05) is 13.0 Å². The first kappa shape index (κ1) is 15.2. The fourth-order valence-electron chi connectivity index (χ4n) is 2.39. The van der Waals surface area contributed by atoms with Gasteiger partial charge in [-0.1, -0.05) is 48.6 Å². The minimum absolute atomic E-state index is 0. The van der Waals surface area contributed by atoms with Crippen LogP contribution < -0.4 is 4.80 Å². The van der Waals surface area contributed by atoms with Crippen molar-refractivity contribution in [2.75, 3.05) is 7.05 Å². The average molecular weight is 352 g/mol. The van der Waals surface area contributed by atoms with Crippen LogP contribution in [0.25, 0.3) is 0 Å². The van der Waals surface area contributed by atoms with E-state index < -0.39 is 0 Å². The Kier molecular flexibility index (Phi) is 5.31. The summed E-state index contributed by atoms with van der Waals surface area (Å²) >= 11 is 1.66. The van der Waals surface area contributed by atoms with Gasteiger partial charge in [0.2, 0.25) is 4.80 Å². The lowest BCUT2D eigenvalue weighted by molar-refractivity contribution is 0.593. The predicted octanol–water partition coefficient (Wildman–Crippen LogP) is 3.71. The van der Waals surface area contributed by atoms with Gasteiger partial charge in [-0.3, -0.25) is 8.95 Å². The molecule has 0 amide bonds. The lowest BCUT2D eigenvalue weighted by Gasteiger charge is -2.20. The summed E-state index contributed by atoms with van der Waals surface area (Å²) in [7, 11) is 1.81. The van der Waals surface area contributed by atoms with Crippen LogP contribution in [0.2, 0.25) is 0 Å². The van der Waals surface area contributed by atoms with Gasteiger partial charge in [-0.2, -0.15) is 0 Å². The van der Waals surface area contributed by atoms with Gasteiger partial charge in [-0.25, -0.2) is 4.98 Å². The maximum absolute atomic E-state index is 4.70. The third-order valence-corrected chi connectivity index (χ3v) is 4.47. The molecular formula is C15H18BrN3S. The Bertz CT molecular complexity index is 583. The molecule has 0 saturated heterocycles. The molecule has 0 aromatic carbocycles. The summed E-state index contributed by atoms with van der Waals surface area (Å²) in [6, 6.07) is 0.382. The quantitative estimate of drug-likeness (QED) is 0.798. The van der Waals surface area contributed by atoms with Gasteiger partial charge in [0.15, 0.2) is 0 Å². The van der Waals surface area contributed by atoms with E-state index in [-0.39, 0.29) is 17.0 Å². The zero-order valence-electron chi connectivity index (χ0n) is 11.3. The molecule has 2 aliphatic carbocycles. The Morgan fingerprint density at radius 2 is 1.90 bits per heavy atom. The van der Waals surface area contributed by atoms with E-state index in [0.29, 0.717) is 12.0 Å². The largest absolute Gasteiger partial charge is 0.274 e. The number of halogens is 1. The summed E-state index contributed by atoms with van der Waals surface area (Å²) in [6.45, 7) is 0. The van der Waals surface area contributed by atoms with Gasteiger partial charge in [-0.15, -0.1) is 17.0 Å². The molecule has 0 spiro atoms. The smallest absolute Gasteiger partial charge is 0.222 e. The molecule has 1 aromatic heterocycles. The van der Waals surface area contributed by atoms with E-state index in [1.54, 1.807) is 18.6 Å². The molecule has 5 heteroatoms. The number of aromatic nitrogens is 2. The molecule has 0 bridgehead atoms. The van der Waals surface area contributed by atoms with Crippen LogP contribution >= 0.6 is 28.5 Å². The Hall–Kier alpha value is -1.20. The molecule has 3 rings (SSSR count). The van der Waals surface area contributed by atoms with Crippen LogP contribution in [-0.4, -0.2) is 16.0 Å². The van der Waals surface area contributed by atoms with Crippen molar-refractivity contribution >= 4 is 28.5 Å². The summed E-state index contributed by atoms with van der Waals surface area (Å²) in [6.07, 6.45) is 19.4. The van der Waals surface area contributed by atoms with E-state index in [4.69, 9.17) is 4.98 Å². The molecule has 20 heavy (non-hydrogen) atoms. The number of rotatable bonds is 2. The summed E-state index contributed by atoms with van der Waals surface area (Å²) in [4.78, 5) is 9.81. The Morgan fingerprint density at radius 1 is 1.15 bits per heavy atom. The lowest BCUT2D eigenvalue weighted by atomic mass is 9.99. The second-order valence-corrected chi connectivity index (χ2v) is 5.61. The Balaban J connectivity index is 0.00000147. The zero-order valence-corrected chi connectivity index (χ0v) is 13.9. The maximum atomic E-state index is 4.70. The highest BCUT2D eigenvalue weighted by Gasteiger charge is 2.20. The number of allylic oxidation sites excluding steroid dienone is 8. The third kappa shape index (κ3) is 3.10. The van der Waals surface area contributed by atoms with Crippen molar-refractivity contribution < 1.29 is 0 Å². The van der Waals surface area contributed by atoms with Crippen LogP contribution in [0.15, 0.2) is 53.6 Å². The van der Waals surface area contributed by atoms with Gasteiger partial charge in [-0.05, 0) is 24.4 Å².